The highest BCUT2D eigenvalue weighted by molar-refractivity contribution is 4.90. The predicted molar refractivity (Wildman–Crippen MR) is 48.9 cm³/mol. The van der Waals surface area contributed by atoms with Gasteiger partial charge in [-0.2, -0.15) is 15.4 Å². The van der Waals surface area contributed by atoms with E-state index in [1.54, 1.807) is 6.20 Å². The van der Waals surface area contributed by atoms with Crippen LogP contribution < -0.4 is 5.32 Å². The quantitative estimate of drug-likeness (QED) is 0.671. The van der Waals surface area contributed by atoms with Crippen molar-refractivity contribution in [2.75, 3.05) is 19.8 Å². The van der Waals surface area contributed by atoms with Crippen LogP contribution in [0.25, 0.3) is 0 Å². The van der Waals surface area contributed by atoms with Crippen LogP contribution in [0.4, 0.5) is 0 Å². The Morgan fingerprint density at radius 2 is 2.46 bits per heavy atom. The van der Waals surface area contributed by atoms with Gasteiger partial charge in [0.25, 0.3) is 0 Å². The van der Waals surface area contributed by atoms with Crippen molar-refractivity contribution < 1.29 is 0 Å². The van der Waals surface area contributed by atoms with Crippen LogP contribution in [0.1, 0.15) is 18.5 Å². The number of hydrogen-bond acceptors (Lipinski definition) is 4. The highest BCUT2D eigenvalue weighted by atomic mass is 15.3. The van der Waals surface area contributed by atoms with Gasteiger partial charge in [0.1, 0.15) is 0 Å². The van der Waals surface area contributed by atoms with Crippen LogP contribution >= 0.6 is 0 Å². The molecule has 13 heavy (non-hydrogen) atoms. The third-order valence-electron chi connectivity index (χ3n) is 2.26. The molecule has 1 saturated heterocycles. The molecule has 2 rings (SSSR count). The van der Waals surface area contributed by atoms with Gasteiger partial charge in [-0.05, 0) is 25.9 Å². The fraction of sp³-hybridized carbons (Fsp3) is 0.750. The normalized spacial score (nSPS) is 20.0. The standard InChI is InChI=1S/C8H15N5/c1-2-4-13(7-9-3-1)6-8-5-10-12-11-8/h5,9H,1-4,6-7H2,(H,10,11,12). The van der Waals surface area contributed by atoms with E-state index in [0.29, 0.717) is 0 Å². The van der Waals surface area contributed by atoms with Crippen molar-refractivity contribution >= 4 is 0 Å². The number of nitrogens with zero attached hydrogens (tertiary/aromatic N) is 3. The summed E-state index contributed by atoms with van der Waals surface area (Å²) in [4.78, 5) is 2.35. The summed E-state index contributed by atoms with van der Waals surface area (Å²) in [6, 6.07) is 0. The van der Waals surface area contributed by atoms with E-state index < -0.39 is 0 Å². The summed E-state index contributed by atoms with van der Waals surface area (Å²) in [6.45, 7) is 4.14. The zero-order valence-electron chi connectivity index (χ0n) is 7.66. The molecule has 2 N–H and O–H groups in total. The Morgan fingerprint density at radius 1 is 1.46 bits per heavy atom. The number of H-pyrrole nitrogens is 1. The van der Waals surface area contributed by atoms with E-state index in [1.165, 1.54) is 12.8 Å². The maximum atomic E-state index is 4.04. The smallest absolute Gasteiger partial charge is 0.0965 e. The first-order valence-electron chi connectivity index (χ1n) is 4.73. The minimum Gasteiger partial charge on any atom is -0.304 e. The van der Waals surface area contributed by atoms with Crippen LogP contribution in [0.3, 0.4) is 0 Å². The molecule has 0 amide bonds. The van der Waals surface area contributed by atoms with Crippen LogP contribution in [0, 0.1) is 0 Å². The van der Waals surface area contributed by atoms with Gasteiger partial charge in [-0.3, -0.25) is 4.90 Å². The molecular weight excluding hydrogens is 166 g/mol. The summed E-state index contributed by atoms with van der Waals surface area (Å²) < 4.78 is 0. The third kappa shape index (κ3) is 2.50. The summed E-state index contributed by atoms with van der Waals surface area (Å²) in [5.74, 6) is 0. The second-order valence-corrected chi connectivity index (χ2v) is 3.38. The van der Waals surface area contributed by atoms with Crippen LogP contribution in [-0.2, 0) is 6.54 Å². The van der Waals surface area contributed by atoms with Crippen LogP contribution in [0.2, 0.25) is 0 Å². The molecule has 1 aromatic rings. The summed E-state index contributed by atoms with van der Waals surface area (Å²) in [7, 11) is 0. The lowest BCUT2D eigenvalue weighted by Crippen LogP contribution is -2.31. The van der Waals surface area contributed by atoms with E-state index in [-0.39, 0.29) is 0 Å². The molecule has 1 aliphatic rings. The first-order chi connectivity index (χ1) is 6.45. The first kappa shape index (κ1) is 8.65. The topological polar surface area (TPSA) is 56.8 Å². The van der Waals surface area contributed by atoms with Crippen molar-refractivity contribution in [1.29, 1.82) is 0 Å². The third-order valence-corrected chi connectivity index (χ3v) is 2.26. The van der Waals surface area contributed by atoms with Gasteiger partial charge in [-0.1, -0.05) is 0 Å². The molecule has 0 aliphatic carbocycles. The predicted octanol–water partition coefficient (Wildman–Crippen LogP) is -0.0524. The van der Waals surface area contributed by atoms with Gasteiger partial charge in [-0.15, -0.1) is 0 Å². The fourth-order valence-corrected chi connectivity index (χ4v) is 1.57. The van der Waals surface area contributed by atoms with Crippen LogP contribution in [-0.4, -0.2) is 40.1 Å². The number of nitrogens with one attached hydrogen (secondary N) is 2. The molecule has 5 nitrogen and oxygen atoms in total. The Balaban J connectivity index is 1.86. The van der Waals surface area contributed by atoms with Crippen molar-refractivity contribution in [3.8, 4) is 0 Å². The molecule has 1 aromatic heterocycles. The van der Waals surface area contributed by atoms with Crippen molar-refractivity contribution in [3.63, 3.8) is 0 Å². The molecule has 5 heteroatoms. The highest BCUT2D eigenvalue weighted by Gasteiger charge is 2.09. The van der Waals surface area contributed by atoms with Crippen LogP contribution in [0.15, 0.2) is 6.20 Å². The molecule has 0 radical (unpaired) electrons. The monoisotopic (exact) mass is 181 g/mol. The molecule has 1 aliphatic heterocycles. The van der Waals surface area contributed by atoms with Gasteiger partial charge in [0.2, 0.25) is 0 Å². The van der Waals surface area contributed by atoms with E-state index in [0.717, 1.165) is 32.0 Å². The van der Waals surface area contributed by atoms with Gasteiger partial charge in [0, 0.05) is 13.2 Å². The van der Waals surface area contributed by atoms with Crippen molar-refractivity contribution in [3.05, 3.63) is 11.9 Å². The average molecular weight is 181 g/mol. The molecule has 0 atom stereocenters. The molecule has 2 heterocycles. The summed E-state index contributed by atoms with van der Waals surface area (Å²) in [6.07, 6.45) is 4.32. The van der Waals surface area contributed by atoms with Crippen molar-refractivity contribution in [2.45, 2.75) is 19.4 Å². The van der Waals surface area contributed by atoms with E-state index in [4.69, 9.17) is 0 Å². The van der Waals surface area contributed by atoms with Gasteiger partial charge in [0.05, 0.1) is 11.9 Å². The molecule has 0 bridgehead atoms. The number of hydrogen-bond donors (Lipinski definition) is 2. The second-order valence-electron chi connectivity index (χ2n) is 3.38. The lowest BCUT2D eigenvalue weighted by Gasteiger charge is -2.17. The van der Waals surface area contributed by atoms with E-state index in [1.807, 2.05) is 0 Å². The Hall–Kier alpha value is -0.940. The number of aromatic nitrogens is 3. The first-order valence-corrected chi connectivity index (χ1v) is 4.73. The molecule has 0 saturated carbocycles. The average Bonchev–Trinajstić information content (AvgIpc) is 2.49. The summed E-state index contributed by atoms with van der Waals surface area (Å²) in [5, 5.41) is 13.8. The minimum atomic E-state index is 0.892. The number of rotatable bonds is 2. The molecule has 72 valence electrons. The van der Waals surface area contributed by atoms with E-state index >= 15 is 0 Å². The molecule has 1 fully saturated rings. The van der Waals surface area contributed by atoms with Gasteiger partial charge < -0.3 is 5.32 Å². The van der Waals surface area contributed by atoms with Gasteiger partial charge in [0.15, 0.2) is 0 Å². The summed E-state index contributed by atoms with van der Waals surface area (Å²) >= 11 is 0. The van der Waals surface area contributed by atoms with Gasteiger partial charge in [-0.25, -0.2) is 0 Å². The largest absolute Gasteiger partial charge is 0.304 e. The molecular formula is C8H15N5. The zero-order valence-corrected chi connectivity index (χ0v) is 7.66. The number of aromatic amines is 1. The second kappa shape index (κ2) is 4.34. The molecule has 0 spiro atoms. The SMILES string of the molecule is c1n[nH]nc1CN1CCCCNC1. The summed E-state index contributed by atoms with van der Waals surface area (Å²) in [5.41, 5.74) is 1.02. The minimum absolute atomic E-state index is 0.892. The lowest BCUT2D eigenvalue weighted by molar-refractivity contribution is 0.260. The van der Waals surface area contributed by atoms with Crippen molar-refractivity contribution in [2.24, 2.45) is 0 Å². The van der Waals surface area contributed by atoms with Crippen molar-refractivity contribution in [1.82, 2.24) is 25.6 Å². The Labute approximate surface area is 77.5 Å². The molecule has 0 unspecified atom stereocenters. The highest BCUT2D eigenvalue weighted by Crippen LogP contribution is 2.03. The Bertz CT molecular complexity index is 225. The zero-order chi connectivity index (χ0) is 8.93. The van der Waals surface area contributed by atoms with Crippen LogP contribution in [0.5, 0.6) is 0 Å². The maximum absolute atomic E-state index is 4.04. The maximum Gasteiger partial charge on any atom is 0.0965 e. The fourth-order valence-electron chi connectivity index (χ4n) is 1.57. The van der Waals surface area contributed by atoms with E-state index in [9.17, 15) is 0 Å². The molecule has 0 aromatic carbocycles. The van der Waals surface area contributed by atoms with Gasteiger partial charge >= 0.3 is 0 Å². The van der Waals surface area contributed by atoms with E-state index in [2.05, 4.69) is 25.6 Å². The Kier molecular flexibility index (Phi) is 2.89. The lowest BCUT2D eigenvalue weighted by atomic mass is 10.3. The Morgan fingerprint density at radius 3 is 3.31 bits per heavy atom.